The van der Waals surface area contributed by atoms with Crippen LogP contribution >= 0.6 is 0 Å². The number of likely N-dealkylation sites (N-methyl/N-ethyl adjacent to an activating group) is 1. The summed E-state index contributed by atoms with van der Waals surface area (Å²) in [6.45, 7) is 1.79. The number of nitrogens with zero attached hydrogens (tertiary/aromatic N) is 1. The molecule has 2 rings (SSSR count). The van der Waals surface area contributed by atoms with Crippen molar-refractivity contribution < 1.29 is 18.7 Å². The molecule has 0 aliphatic heterocycles. The minimum Gasteiger partial charge on any atom is -0.496 e. The fourth-order valence-electron chi connectivity index (χ4n) is 2.18. The zero-order valence-corrected chi connectivity index (χ0v) is 13.8. The van der Waals surface area contributed by atoms with Gasteiger partial charge >= 0.3 is 0 Å². The number of anilines is 1. The van der Waals surface area contributed by atoms with E-state index in [4.69, 9.17) is 4.74 Å². The number of amides is 2. The summed E-state index contributed by atoms with van der Waals surface area (Å²) in [7, 11) is 2.87. The second kappa shape index (κ2) is 7.59. The summed E-state index contributed by atoms with van der Waals surface area (Å²) >= 11 is 0. The fraction of sp³-hybridized carbons (Fsp3) is 0.222. The lowest BCUT2D eigenvalue weighted by atomic mass is 10.1. The Morgan fingerprint density at radius 3 is 2.46 bits per heavy atom. The van der Waals surface area contributed by atoms with Gasteiger partial charge in [-0.15, -0.1) is 0 Å². The Balaban J connectivity index is 2.04. The van der Waals surface area contributed by atoms with Crippen LogP contribution in [0.25, 0.3) is 0 Å². The van der Waals surface area contributed by atoms with Gasteiger partial charge in [0.15, 0.2) is 0 Å². The molecule has 2 aromatic rings. The monoisotopic (exact) mass is 330 g/mol. The van der Waals surface area contributed by atoms with E-state index in [2.05, 4.69) is 5.32 Å². The highest BCUT2D eigenvalue weighted by atomic mass is 19.1. The Kier molecular flexibility index (Phi) is 5.52. The van der Waals surface area contributed by atoms with Gasteiger partial charge in [-0.05, 0) is 37.3 Å². The van der Waals surface area contributed by atoms with E-state index >= 15 is 0 Å². The molecule has 0 radical (unpaired) electrons. The summed E-state index contributed by atoms with van der Waals surface area (Å²) in [6, 6.07) is 11.0. The Hall–Kier alpha value is -2.89. The van der Waals surface area contributed by atoms with Crippen LogP contribution in [0.15, 0.2) is 42.5 Å². The number of ether oxygens (including phenoxy) is 1. The molecule has 5 nitrogen and oxygen atoms in total. The number of aryl methyl sites for hydroxylation is 1. The molecule has 126 valence electrons. The first-order valence-corrected chi connectivity index (χ1v) is 7.36. The average molecular weight is 330 g/mol. The molecule has 0 aromatic heterocycles. The quantitative estimate of drug-likeness (QED) is 0.917. The van der Waals surface area contributed by atoms with Crippen molar-refractivity contribution in [2.75, 3.05) is 26.0 Å². The lowest BCUT2D eigenvalue weighted by Crippen LogP contribution is -2.35. The van der Waals surface area contributed by atoms with Gasteiger partial charge in [-0.3, -0.25) is 9.59 Å². The summed E-state index contributed by atoms with van der Waals surface area (Å²) in [5.41, 5.74) is 1.80. The van der Waals surface area contributed by atoms with E-state index in [-0.39, 0.29) is 23.8 Å². The molecule has 0 saturated carbocycles. The molecule has 1 N–H and O–H groups in total. The number of hydrogen-bond donors (Lipinski definition) is 1. The number of nitrogens with one attached hydrogen (secondary N) is 1. The van der Waals surface area contributed by atoms with Gasteiger partial charge in [-0.2, -0.15) is 0 Å². The Bertz CT molecular complexity index is 744. The summed E-state index contributed by atoms with van der Waals surface area (Å²) in [5.74, 6) is -1.13. The third kappa shape index (κ3) is 4.32. The molecule has 0 heterocycles. The van der Waals surface area contributed by atoms with Crippen molar-refractivity contribution in [3.05, 3.63) is 59.4 Å². The molecule has 2 aromatic carbocycles. The first-order chi connectivity index (χ1) is 11.4. The molecular formula is C18H19FN2O3. The van der Waals surface area contributed by atoms with Crippen molar-refractivity contribution in [1.29, 1.82) is 0 Å². The summed E-state index contributed by atoms with van der Waals surface area (Å²) in [5, 5.41) is 2.71. The maximum Gasteiger partial charge on any atom is 0.257 e. The molecule has 2 amide bonds. The molecule has 0 bridgehead atoms. The molecule has 0 aliphatic rings. The SMILES string of the molecule is COc1ccc(F)cc1C(=O)N(C)CC(=O)Nc1ccc(C)cc1. The Morgan fingerprint density at radius 1 is 1.17 bits per heavy atom. The lowest BCUT2D eigenvalue weighted by molar-refractivity contribution is -0.116. The highest BCUT2D eigenvalue weighted by Crippen LogP contribution is 2.20. The summed E-state index contributed by atoms with van der Waals surface area (Å²) in [6.07, 6.45) is 0. The highest BCUT2D eigenvalue weighted by molar-refractivity contribution is 6.00. The molecule has 6 heteroatoms. The van der Waals surface area contributed by atoms with E-state index in [1.54, 1.807) is 12.1 Å². The van der Waals surface area contributed by atoms with Crippen molar-refractivity contribution >= 4 is 17.5 Å². The minimum atomic E-state index is -0.545. The molecule has 0 atom stereocenters. The predicted molar refractivity (Wildman–Crippen MR) is 89.7 cm³/mol. The summed E-state index contributed by atoms with van der Waals surface area (Å²) in [4.78, 5) is 25.7. The second-order valence-corrected chi connectivity index (χ2v) is 5.42. The topological polar surface area (TPSA) is 58.6 Å². The van der Waals surface area contributed by atoms with Gasteiger partial charge in [0.05, 0.1) is 19.2 Å². The number of carbonyl (C=O) groups excluding carboxylic acids is 2. The molecule has 24 heavy (non-hydrogen) atoms. The predicted octanol–water partition coefficient (Wildman–Crippen LogP) is 2.85. The highest BCUT2D eigenvalue weighted by Gasteiger charge is 2.19. The van der Waals surface area contributed by atoms with Crippen LogP contribution in [0.1, 0.15) is 15.9 Å². The number of benzene rings is 2. The van der Waals surface area contributed by atoms with Crippen molar-refractivity contribution in [3.8, 4) is 5.75 Å². The van der Waals surface area contributed by atoms with Gasteiger partial charge in [-0.1, -0.05) is 17.7 Å². The van der Waals surface area contributed by atoms with E-state index in [1.165, 1.54) is 31.2 Å². The first-order valence-electron chi connectivity index (χ1n) is 7.36. The third-order valence-electron chi connectivity index (χ3n) is 3.45. The molecular weight excluding hydrogens is 311 g/mol. The van der Waals surface area contributed by atoms with Crippen LogP contribution in [-0.4, -0.2) is 37.4 Å². The van der Waals surface area contributed by atoms with E-state index in [0.717, 1.165) is 11.6 Å². The van der Waals surface area contributed by atoms with Gasteiger partial charge in [0.25, 0.3) is 5.91 Å². The first kappa shape index (κ1) is 17.5. The summed E-state index contributed by atoms with van der Waals surface area (Å²) < 4.78 is 18.5. The average Bonchev–Trinajstić information content (AvgIpc) is 2.56. The van der Waals surface area contributed by atoms with E-state index in [1.807, 2.05) is 19.1 Å². The maximum absolute atomic E-state index is 13.4. The van der Waals surface area contributed by atoms with Gasteiger partial charge in [-0.25, -0.2) is 4.39 Å². The van der Waals surface area contributed by atoms with Crippen LogP contribution in [-0.2, 0) is 4.79 Å². The number of carbonyl (C=O) groups is 2. The Labute approximate surface area is 140 Å². The standard InChI is InChI=1S/C18H19FN2O3/c1-12-4-7-14(8-5-12)20-17(22)11-21(2)18(23)15-10-13(19)6-9-16(15)24-3/h4-10H,11H2,1-3H3,(H,20,22). The van der Waals surface area contributed by atoms with Gasteiger partial charge in [0.2, 0.25) is 5.91 Å². The lowest BCUT2D eigenvalue weighted by Gasteiger charge is -2.18. The van der Waals surface area contributed by atoms with Crippen LogP contribution in [0.3, 0.4) is 0 Å². The van der Waals surface area contributed by atoms with Crippen LogP contribution in [0.2, 0.25) is 0 Å². The maximum atomic E-state index is 13.4. The smallest absolute Gasteiger partial charge is 0.257 e. The van der Waals surface area contributed by atoms with Crippen molar-refractivity contribution in [2.24, 2.45) is 0 Å². The van der Waals surface area contributed by atoms with Crippen molar-refractivity contribution in [2.45, 2.75) is 6.92 Å². The van der Waals surface area contributed by atoms with Gasteiger partial charge in [0, 0.05) is 12.7 Å². The van der Waals surface area contributed by atoms with E-state index < -0.39 is 11.7 Å². The minimum absolute atomic E-state index is 0.0723. The van der Waals surface area contributed by atoms with Crippen molar-refractivity contribution in [3.63, 3.8) is 0 Å². The van der Waals surface area contributed by atoms with Crippen molar-refractivity contribution in [1.82, 2.24) is 4.90 Å². The zero-order valence-electron chi connectivity index (χ0n) is 13.8. The second-order valence-electron chi connectivity index (χ2n) is 5.42. The van der Waals surface area contributed by atoms with Gasteiger partial charge < -0.3 is 15.0 Å². The Morgan fingerprint density at radius 2 is 1.83 bits per heavy atom. The van der Waals surface area contributed by atoms with E-state index in [9.17, 15) is 14.0 Å². The molecule has 0 saturated heterocycles. The number of halogens is 1. The number of methoxy groups -OCH3 is 1. The molecule has 0 spiro atoms. The van der Waals surface area contributed by atoms with Crippen LogP contribution in [0.5, 0.6) is 5.75 Å². The molecule has 0 unspecified atom stereocenters. The largest absolute Gasteiger partial charge is 0.496 e. The van der Waals surface area contributed by atoms with Crippen LogP contribution < -0.4 is 10.1 Å². The normalized spacial score (nSPS) is 10.2. The number of rotatable bonds is 5. The molecule has 0 aliphatic carbocycles. The van der Waals surface area contributed by atoms with Gasteiger partial charge in [0.1, 0.15) is 11.6 Å². The third-order valence-corrected chi connectivity index (χ3v) is 3.45. The fourth-order valence-corrected chi connectivity index (χ4v) is 2.18. The van der Waals surface area contributed by atoms with E-state index in [0.29, 0.717) is 5.69 Å². The zero-order chi connectivity index (χ0) is 17.7. The van der Waals surface area contributed by atoms with Crippen LogP contribution in [0.4, 0.5) is 10.1 Å². The number of hydrogen-bond acceptors (Lipinski definition) is 3. The van der Waals surface area contributed by atoms with Crippen LogP contribution in [0, 0.1) is 12.7 Å². The molecule has 0 fully saturated rings.